The zero-order valence-corrected chi connectivity index (χ0v) is 21.8. The van der Waals surface area contributed by atoms with Crippen LogP contribution < -0.4 is 4.74 Å². The Morgan fingerprint density at radius 1 is 0.917 bits per heavy atom. The topological polar surface area (TPSA) is 49.7 Å². The number of fused-ring (bicyclic) bond motifs is 1. The summed E-state index contributed by atoms with van der Waals surface area (Å²) in [6, 6.07) is 12.6. The van der Waals surface area contributed by atoms with Gasteiger partial charge in [0.25, 0.3) is 0 Å². The third-order valence-electron chi connectivity index (χ3n) is 7.07. The monoisotopic (exact) mass is 484 g/mol. The second kappa shape index (κ2) is 10.8. The van der Waals surface area contributed by atoms with Gasteiger partial charge in [0.15, 0.2) is 0 Å². The summed E-state index contributed by atoms with van der Waals surface area (Å²) in [5.74, 6) is 0.862. The van der Waals surface area contributed by atoms with E-state index >= 15 is 0 Å². The van der Waals surface area contributed by atoms with Gasteiger partial charge in [0.2, 0.25) is 0 Å². The van der Waals surface area contributed by atoms with Crippen molar-refractivity contribution in [1.29, 1.82) is 0 Å². The number of methoxy groups -OCH3 is 1. The van der Waals surface area contributed by atoms with Crippen LogP contribution in [0.1, 0.15) is 5.56 Å². The van der Waals surface area contributed by atoms with Crippen molar-refractivity contribution in [2.75, 3.05) is 60.5 Å². The van der Waals surface area contributed by atoms with Crippen LogP contribution in [0.25, 0.3) is 33.3 Å². The lowest BCUT2D eigenvalue weighted by molar-refractivity contribution is 0.120. The summed E-state index contributed by atoms with van der Waals surface area (Å²) in [6.07, 6.45) is 8.03. The second-order valence-corrected chi connectivity index (χ2v) is 9.95. The molecule has 1 fully saturated rings. The van der Waals surface area contributed by atoms with E-state index in [-0.39, 0.29) is 0 Å². The maximum absolute atomic E-state index is 5.64. The van der Waals surface area contributed by atoms with Gasteiger partial charge in [-0.05, 0) is 37.9 Å². The SMILES string of the molecule is COc1ccccc1-c1cn(C)c2ncc(-c3cncc(CN4CCN(CCN(C)C)CC4)c3)cc12. The van der Waals surface area contributed by atoms with Gasteiger partial charge in [-0.1, -0.05) is 18.2 Å². The number of hydrogen-bond donors (Lipinski definition) is 0. The highest BCUT2D eigenvalue weighted by molar-refractivity contribution is 5.97. The Morgan fingerprint density at radius 3 is 2.44 bits per heavy atom. The first kappa shape index (κ1) is 24.4. The predicted octanol–water partition coefficient (Wildman–Crippen LogP) is 3.99. The van der Waals surface area contributed by atoms with E-state index in [0.29, 0.717) is 0 Å². The van der Waals surface area contributed by atoms with E-state index < -0.39 is 0 Å². The third-order valence-corrected chi connectivity index (χ3v) is 7.07. The zero-order valence-electron chi connectivity index (χ0n) is 21.8. The molecule has 0 aliphatic carbocycles. The Morgan fingerprint density at radius 2 is 1.67 bits per heavy atom. The Bertz CT molecular complexity index is 1320. The Balaban J connectivity index is 1.36. The van der Waals surface area contributed by atoms with Crippen molar-refractivity contribution in [2.45, 2.75) is 6.54 Å². The number of likely N-dealkylation sites (N-methyl/N-ethyl adjacent to an activating group) is 1. The molecule has 1 aliphatic heterocycles. The van der Waals surface area contributed by atoms with Crippen LogP contribution >= 0.6 is 0 Å². The van der Waals surface area contributed by atoms with Crippen LogP contribution in [0, 0.1) is 0 Å². The molecule has 1 aliphatic rings. The van der Waals surface area contributed by atoms with E-state index in [4.69, 9.17) is 9.72 Å². The van der Waals surface area contributed by atoms with E-state index in [1.165, 1.54) is 5.56 Å². The first-order valence-corrected chi connectivity index (χ1v) is 12.6. The lowest BCUT2D eigenvalue weighted by Gasteiger charge is -2.35. The van der Waals surface area contributed by atoms with E-state index in [9.17, 15) is 0 Å². The molecule has 1 saturated heterocycles. The van der Waals surface area contributed by atoms with Crippen LogP contribution in [0.3, 0.4) is 0 Å². The van der Waals surface area contributed by atoms with Gasteiger partial charge >= 0.3 is 0 Å². The number of aromatic nitrogens is 3. The lowest BCUT2D eigenvalue weighted by Crippen LogP contribution is -2.47. The Kier molecular flexibility index (Phi) is 7.32. The molecule has 0 bridgehead atoms. The molecule has 4 aromatic rings. The largest absolute Gasteiger partial charge is 0.496 e. The van der Waals surface area contributed by atoms with Crippen molar-refractivity contribution in [3.05, 3.63) is 66.7 Å². The normalized spacial score (nSPS) is 15.1. The molecule has 0 amide bonds. The molecule has 0 atom stereocenters. The Labute approximate surface area is 213 Å². The Hall–Kier alpha value is -3.26. The van der Waals surface area contributed by atoms with Gasteiger partial charge in [0, 0.05) is 105 Å². The highest BCUT2D eigenvalue weighted by atomic mass is 16.5. The van der Waals surface area contributed by atoms with Crippen molar-refractivity contribution in [3.8, 4) is 28.0 Å². The van der Waals surface area contributed by atoms with Crippen LogP contribution in [0.2, 0.25) is 0 Å². The number of ether oxygens (including phenoxy) is 1. The second-order valence-electron chi connectivity index (χ2n) is 9.95. The fraction of sp³-hybridized carbons (Fsp3) is 0.379. The van der Waals surface area contributed by atoms with Gasteiger partial charge in [-0.15, -0.1) is 0 Å². The van der Waals surface area contributed by atoms with Crippen molar-refractivity contribution < 1.29 is 4.74 Å². The molecule has 36 heavy (non-hydrogen) atoms. The standard InChI is InChI=1S/C29H36N6O/c1-32(2)9-10-34-11-13-35(14-12-34)20-22-15-23(18-30-17-22)24-16-26-27(21-33(3)29(26)31-19-24)25-7-5-6-8-28(25)36-4/h5-8,15-19,21H,9-14,20H2,1-4H3. The van der Waals surface area contributed by atoms with Gasteiger partial charge in [-0.25, -0.2) is 4.98 Å². The minimum Gasteiger partial charge on any atom is -0.496 e. The summed E-state index contributed by atoms with van der Waals surface area (Å²) in [4.78, 5) is 16.8. The smallest absolute Gasteiger partial charge is 0.140 e. The van der Waals surface area contributed by atoms with Crippen molar-refractivity contribution in [2.24, 2.45) is 7.05 Å². The molecular weight excluding hydrogens is 448 g/mol. The summed E-state index contributed by atoms with van der Waals surface area (Å²) < 4.78 is 7.72. The molecule has 7 heteroatoms. The number of hydrogen-bond acceptors (Lipinski definition) is 6. The summed E-state index contributed by atoms with van der Waals surface area (Å²) in [5.41, 5.74) is 6.56. The molecular formula is C29H36N6O. The molecule has 0 N–H and O–H groups in total. The quantitative estimate of drug-likeness (QED) is 0.377. The van der Waals surface area contributed by atoms with E-state index in [1.807, 2.05) is 43.8 Å². The average molecular weight is 485 g/mol. The first-order chi connectivity index (χ1) is 17.5. The molecule has 0 unspecified atom stereocenters. The van der Waals surface area contributed by atoms with Gasteiger partial charge in [0.1, 0.15) is 11.4 Å². The summed E-state index contributed by atoms with van der Waals surface area (Å²) in [7, 11) is 8.03. The maximum Gasteiger partial charge on any atom is 0.140 e. The average Bonchev–Trinajstić information content (AvgIpc) is 3.24. The lowest BCUT2D eigenvalue weighted by atomic mass is 10.0. The summed E-state index contributed by atoms with van der Waals surface area (Å²) in [5, 5.41) is 1.11. The number of rotatable bonds is 8. The zero-order chi connectivity index (χ0) is 25.1. The van der Waals surface area contributed by atoms with Crippen molar-refractivity contribution in [3.63, 3.8) is 0 Å². The number of piperazine rings is 1. The summed E-state index contributed by atoms with van der Waals surface area (Å²) >= 11 is 0. The van der Waals surface area contributed by atoms with E-state index in [0.717, 1.165) is 84.9 Å². The molecule has 0 radical (unpaired) electrons. The number of para-hydroxylation sites is 1. The number of pyridine rings is 2. The third kappa shape index (κ3) is 5.28. The summed E-state index contributed by atoms with van der Waals surface area (Å²) in [6.45, 7) is 7.63. The van der Waals surface area contributed by atoms with E-state index in [1.54, 1.807) is 7.11 Å². The highest BCUT2D eigenvalue weighted by Crippen LogP contribution is 2.36. The van der Waals surface area contributed by atoms with Crippen LogP contribution in [-0.2, 0) is 13.6 Å². The van der Waals surface area contributed by atoms with Gasteiger partial charge in [-0.2, -0.15) is 0 Å². The van der Waals surface area contributed by atoms with Crippen LogP contribution in [-0.4, -0.2) is 89.7 Å². The minimum absolute atomic E-state index is 0.862. The van der Waals surface area contributed by atoms with Crippen molar-refractivity contribution in [1.82, 2.24) is 29.2 Å². The molecule has 1 aromatic carbocycles. The predicted molar refractivity (Wildman–Crippen MR) is 146 cm³/mol. The maximum atomic E-state index is 5.64. The fourth-order valence-electron chi connectivity index (χ4n) is 5.00. The number of benzene rings is 1. The van der Waals surface area contributed by atoms with Gasteiger partial charge < -0.3 is 14.2 Å². The fourth-order valence-corrected chi connectivity index (χ4v) is 5.00. The molecule has 4 heterocycles. The minimum atomic E-state index is 0.862. The molecule has 3 aromatic heterocycles. The van der Waals surface area contributed by atoms with Crippen molar-refractivity contribution >= 4 is 11.0 Å². The molecule has 5 rings (SSSR count). The van der Waals surface area contributed by atoms with Gasteiger partial charge in [0.05, 0.1) is 7.11 Å². The number of nitrogens with zero attached hydrogens (tertiary/aromatic N) is 6. The van der Waals surface area contributed by atoms with Gasteiger partial charge in [-0.3, -0.25) is 14.8 Å². The molecule has 188 valence electrons. The molecule has 7 nitrogen and oxygen atoms in total. The highest BCUT2D eigenvalue weighted by Gasteiger charge is 2.18. The first-order valence-electron chi connectivity index (χ1n) is 12.6. The molecule has 0 saturated carbocycles. The van der Waals surface area contributed by atoms with E-state index in [2.05, 4.69) is 62.7 Å². The van der Waals surface area contributed by atoms with Crippen LogP contribution in [0.15, 0.2) is 61.2 Å². The molecule has 0 spiro atoms. The van der Waals surface area contributed by atoms with Crippen LogP contribution in [0.5, 0.6) is 5.75 Å². The number of aryl methyl sites for hydroxylation is 1. The van der Waals surface area contributed by atoms with Crippen LogP contribution in [0.4, 0.5) is 0 Å².